The number of hydrogen-bond acceptors (Lipinski definition) is 2. The molecule has 0 unspecified atom stereocenters. The van der Waals surface area contributed by atoms with Crippen LogP contribution in [-0.2, 0) is 6.42 Å². The Morgan fingerprint density at radius 1 is 1.41 bits per heavy atom. The van der Waals surface area contributed by atoms with Crippen molar-refractivity contribution in [2.75, 3.05) is 0 Å². The van der Waals surface area contributed by atoms with Crippen LogP contribution in [0.25, 0.3) is 10.9 Å². The van der Waals surface area contributed by atoms with Crippen LogP contribution in [0.1, 0.15) is 30.0 Å². The number of oxime groups is 1. The highest BCUT2D eigenvalue weighted by Crippen LogP contribution is 2.35. The molecule has 0 fully saturated rings. The number of amidine groups is 1. The van der Waals surface area contributed by atoms with Crippen molar-refractivity contribution in [1.29, 1.82) is 0 Å². The lowest BCUT2D eigenvalue weighted by Gasteiger charge is -2.21. The monoisotopic (exact) mass is 229 g/mol. The fourth-order valence-electron chi connectivity index (χ4n) is 2.78. The zero-order valence-electron chi connectivity index (χ0n) is 9.48. The quantitative estimate of drug-likeness (QED) is 0.304. The molecule has 1 aliphatic carbocycles. The molecular weight excluding hydrogens is 214 g/mol. The number of aromatic nitrogens is 1. The molecule has 1 aromatic carbocycles. The van der Waals surface area contributed by atoms with E-state index in [1.54, 1.807) is 0 Å². The van der Waals surface area contributed by atoms with Gasteiger partial charge in [0.25, 0.3) is 0 Å². The van der Waals surface area contributed by atoms with Crippen LogP contribution < -0.4 is 5.73 Å². The summed E-state index contributed by atoms with van der Waals surface area (Å²) in [5.74, 6) is 0.327. The minimum absolute atomic E-state index is 0.0242. The average molecular weight is 229 g/mol. The van der Waals surface area contributed by atoms with Gasteiger partial charge >= 0.3 is 0 Å². The molecule has 1 heterocycles. The van der Waals surface area contributed by atoms with Gasteiger partial charge in [-0.15, -0.1) is 0 Å². The van der Waals surface area contributed by atoms with Gasteiger partial charge in [0, 0.05) is 16.6 Å². The van der Waals surface area contributed by atoms with Crippen molar-refractivity contribution in [2.24, 2.45) is 10.9 Å². The fourth-order valence-corrected chi connectivity index (χ4v) is 2.78. The van der Waals surface area contributed by atoms with Crippen LogP contribution in [0.15, 0.2) is 29.4 Å². The molecule has 1 aliphatic rings. The first-order chi connectivity index (χ1) is 8.31. The smallest absolute Gasteiger partial charge is 0.148 e. The number of nitrogens with two attached hydrogens (primary N) is 1. The highest BCUT2D eigenvalue weighted by molar-refractivity contribution is 5.91. The molecule has 1 aromatic heterocycles. The maximum atomic E-state index is 8.84. The van der Waals surface area contributed by atoms with Crippen molar-refractivity contribution in [2.45, 2.75) is 25.2 Å². The van der Waals surface area contributed by atoms with E-state index in [9.17, 15) is 0 Å². The lowest BCUT2D eigenvalue weighted by atomic mass is 9.86. The normalized spacial score (nSPS) is 20.5. The van der Waals surface area contributed by atoms with Crippen molar-refractivity contribution in [1.82, 2.24) is 4.98 Å². The van der Waals surface area contributed by atoms with Crippen LogP contribution in [-0.4, -0.2) is 16.0 Å². The second-order valence-corrected chi connectivity index (χ2v) is 4.53. The third kappa shape index (κ3) is 1.48. The molecular formula is C13H15N3O. The number of aromatic amines is 1. The molecule has 17 heavy (non-hydrogen) atoms. The molecule has 0 aliphatic heterocycles. The molecule has 1 atom stereocenters. The molecule has 0 radical (unpaired) electrons. The Morgan fingerprint density at radius 3 is 3.06 bits per heavy atom. The summed E-state index contributed by atoms with van der Waals surface area (Å²) >= 11 is 0. The molecule has 4 heteroatoms. The van der Waals surface area contributed by atoms with Crippen LogP contribution >= 0.6 is 0 Å². The largest absolute Gasteiger partial charge is 0.409 e. The summed E-state index contributed by atoms with van der Waals surface area (Å²) in [6, 6.07) is 8.25. The Hall–Kier alpha value is -1.97. The Kier molecular flexibility index (Phi) is 2.28. The number of H-pyrrole nitrogens is 1. The fraction of sp³-hybridized carbons (Fsp3) is 0.308. The minimum atomic E-state index is 0.0242. The topological polar surface area (TPSA) is 74.4 Å². The SMILES string of the molecule is N/C(=N\O)[C@H]1CCCc2c1[nH]c1ccccc21. The second kappa shape index (κ2) is 3.80. The van der Waals surface area contributed by atoms with E-state index in [1.807, 2.05) is 12.1 Å². The van der Waals surface area contributed by atoms with Gasteiger partial charge in [-0.05, 0) is 30.9 Å². The third-order valence-corrected chi connectivity index (χ3v) is 3.59. The zero-order chi connectivity index (χ0) is 11.8. The van der Waals surface area contributed by atoms with Crippen molar-refractivity contribution in [3.8, 4) is 0 Å². The summed E-state index contributed by atoms with van der Waals surface area (Å²) < 4.78 is 0. The average Bonchev–Trinajstić information content (AvgIpc) is 2.76. The lowest BCUT2D eigenvalue weighted by Crippen LogP contribution is -2.25. The summed E-state index contributed by atoms with van der Waals surface area (Å²) in [7, 11) is 0. The number of benzene rings is 1. The standard InChI is InChI=1S/C13H15N3O/c14-13(16-17)10-6-3-5-9-8-4-1-2-7-11(8)15-12(9)10/h1-2,4,7,10,15,17H,3,5-6H2,(H2,14,16)/t10-/m0/s1. The maximum Gasteiger partial charge on any atom is 0.148 e. The van der Waals surface area contributed by atoms with Gasteiger partial charge in [0.15, 0.2) is 0 Å². The van der Waals surface area contributed by atoms with Crippen molar-refractivity contribution >= 4 is 16.7 Å². The Balaban J connectivity index is 2.21. The van der Waals surface area contributed by atoms with E-state index < -0.39 is 0 Å². The van der Waals surface area contributed by atoms with E-state index in [4.69, 9.17) is 10.9 Å². The number of fused-ring (bicyclic) bond motifs is 3. The van der Waals surface area contributed by atoms with Gasteiger partial charge < -0.3 is 15.9 Å². The van der Waals surface area contributed by atoms with E-state index in [0.717, 1.165) is 30.5 Å². The molecule has 0 saturated heterocycles. The predicted molar refractivity (Wildman–Crippen MR) is 67.4 cm³/mol. The van der Waals surface area contributed by atoms with Gasteiger partial charge in [-0.2, -0.15) is 0 Å². The van der Waals surface area contributed by atoms with Crippen LogP contribution in [0.2, 0.25) is 0 Å². The summed E-state index contributed by atoms with van der Waals surface area (Å²) in [4.78, 5) is 3.41. The Morgan fingerprint density at radius 2 is 2.24 bits per heavy atom. The van der Waals surface area contributed by atoms with Crippen molar-refractivity contribution in [3.05, 3.63) is 35.5 Å². The highest BCUT2D eigenvalue weighted by atomic mass is 16.4. The van der Waals surface area contributed by atoms with Crippen LogP contribution in [0.4, 0.5) is 0 Å². The third-order valence-electron chi connectivity index (χ3n) is 3.59. The zero-order valence-corrected chi connectivity index (χ0v) is 9.48. The number of rotatable bonds is 1. The number of nitrogens with one attached hydrogen (secondary N) is 1. The number of aryl methyl sites for hydroxylation is 1. The van der Waals surface area contributed by atoms with Crippen LogP contribution in [0, 0.1) is 0 Å². The van der Waals surface area contributed by atoms with Gasteiger partial charge in [-0.3, -0.25) is 0 Å². The minimum Gasteiger partial charge on any atom is -0.409 e. The summed E-state index contributed by atoms with van der Waals surface area (Å²) in [5.41, 5.74) is 9.34. The number of para-hydroxylation sites is 1. The summed E-state index contributed by atoms with van der Waals surface area (Å²) in [5, 5.41) is 13.3. The van der Waals surface area contributed by atoms with E-state index in [-0.39, 0.29) is 5.92 Å². The predicted octanol–water partition coefficient (Wildman–Crippen LogP) is 2.33. The first-order valence-electron chi connectivity index (χ1n) is 5.88. The molecule has 0 spiro atoms. The first kappa shape index (κ1) is 10.2. The molecule has 4 N–H and O–H groups in total. The van der Waals surface area contributed by atoms with Crippen molar-refractivity contribution in [3.63, 3.8) is 0 Å². The molecule has 3 rings (SSSR count). The highest BCUT2D eigenvalue weighted by Gasteiger charge is 2.26. The number of hydrogen-bond donors (Lipinski definition) is 3. The maximum absolute atomic E-state index is 8.84. The molecule has 4 nitrogen and oxygen atoms in total. The van der Waals surface area contributed by atoms with E-state index in [0.29, 0.717) is 5.84 Å². The van der Waals surface area contributed by atoms with Gasteiger partial charge in [0.2, 0.25) is 0 Å². The van der Waals surface area contributed by atoms with Crippen molar-refractivity contribution < 1.29 is 5.21 Å². The van der Waals surface area contributed by atoms with E-state index in [2.05, 4.69) is 22.3 Å². The molecule has 88 valence electrons. The van der Waals surface area contributed by atoms with Gasteiger partial charge in [0.05, 0.1) is 5.92 Å². The molecule has 0 saturated carbocycles. The number of nitrogens with zero attached hydrogens (tertiary/aromatic N) is 1. The van der Waals surface area contributed by atoms with Gasteiger partial charge in [-0.25, -0.2) is 0 Å². The lowest BCUT2D eigenvalue weighted by molar-refractivity contribution is 0.315. The molecule has 0 amide bonds. The molecule has 0 bridgehead atoms. The van der Waals surface area contributed by atoms with Gasteiger partial charge in [0.1, 0.15) is 5.84 Å². The summed E-state index contributed by atoms with van der Waals surface area (Å²) in [6.07, 6.45) is 3.08. The molecule has 2 aromatic rings. The van der Waals surface area contributed by atoms with E-state index in [1.165, 1.54) is 10.9 Å². The second-order valence-electron chi connectivity index (χ2n) is 4.53. The van der Waals surface area contributed by atoms with Gasteiger partial charge in [-0.1, -0.05) is 23.4 Å². The Bertz CT molecular complexity index is 585. The Labute approximate surface area is 99.1 Å². The van der Waals surface area contributed by atoms with Crippen LogP contribution in [0.5, 0.6) is 0 Å². The summed E-state index contributed by atoms with van der Waals surface area (Å²) in [6.45, 7) is 0. The first-order valence-corrected chi connectivity index (χ1v) is 5.88. The van der Waals surface area contributed by atoms with E-state index >= 15 is 0 Å². The van der Waals surface area contributed by atoms with Crippen LogP contribution in [0.3, 0.4) is 0 Å².